The number of fused-ring (bicyclic) bond motifs is 3. The van der Waals surface area contributed by atoms with Gasteiger partial charge in [0.2, 0.25) is 11.6 Å². The highest BCUT2D eigenvalue weighted by molar-refractivity contribution is 6.54. The van der Waals surface area contributed by atoms with Crippen LogP contribution in [0.2, 0.25) is 0 Å². The standard InChI is InChI=1S/C24H14O3/c25-21-17-13-7-8-14-18(17)24-20(22(21)26)19(15-9-3-1-4-10-15)23(27-24)16-11-5-2-6-12-16/h1-14H. The summed E-state index contributed by atoms with van der Waals surface area (Å²) in [6, 6.07) is 26.3. The Morgan fingerprint density at radius 3 is 1.70 bits per heavy atom. The number of benzene rings is 3. The van der Waals surface area contributed by atoms with Crippen molar-refractivity contribution in [3.8, 4) is 33.8 Å². The molecule has 1 heterocycles. The molecule has 3 aromatic carbocycles. The molecule has 1 aliphatic carbocycles. The topological polar surface area (TPSA) is 47.3 Å². The van der Waals surface area contributed by atoms with Crippen molar-refractivity contribution in [1.29, 1.82) is 0 Å². The fourth-order valence-corrected chi connectivity index (χ4v) is 3.63. The lowest BCUT2D eigenvalue weighted by Crippen LogP contribution is -2.20. The van der Waals surface area contributed by atoms with Gasteiger partial charge in [-0.25, -0.2) is 0 Å². The first kappa shape index (κ1) is 15.5. The van der Waals surface area contributed by atoms with Gasteiger partial charge < -0.3 is 4.42 Å². The molecule has 1 aliphatic rings. The maximum absolute atomic E-state index is 13.0. The molecule has 0 atom stereocenters. The Labute approximate surface area is 155 Å². The molecule has 0 bridgehead atoms. The van der Waals surface area contributed by atoms with Crippen LogP contribution in [-0.2, 0) is 0 Å². The first-order valence-corrected chi connectivity index (χ1v) is 8.72. The molecular weight excluding hydrogens is 336 g/mol. The van der Waals surface area contributed by atoms with E-state index in [4.69, 9.17) is 4.42 Å². The average Bonchev–Trinajstić information content (AvgIpc) is 3.14. The molecule has 0 unspecified atom stereocenters. The number of ketones is 2. The van der Waals surface area contributed by atoms with Crippen LogP contribution in [0, 0.1) is 0 Å². The summed E-state index contributed by atoms with van der Waals surface area (Å²) >= 11 is 0. The van der Waals surface area contributed by atoms with E-state index in [2.05, 4.69) is 0 Å². The van der Waals surface area contributed by atoms with Crippen LogP contribution in [-0.4, -0.2) is 11.6 Å². The van der Waals surface area contributed by atoms with Crippen molar-refractivity contribution in [2.24, 2.45) is 0 Å². The second kappa shape index (κ2) is 5.92. The normalized spacial score (nSPS) is 12.6. The highest BCUT2D eigenvalue weighted by Gasteiger charge is 2.37. The molecule has 0 spiro atoms. The van der Waals surface area contributed by atoms with Gasteiger partial charge in [-0.05, 0) is 5.56 Å². The number of Topliss-reactive ketones (excluding diaryl/α,β-unsaturated/α-hetero) is 2. The van der Waals surface area contributed by atoms with Crippen molar-refractivity contribution < 1.29 is 14.0 Å². The predicted octanol–water partition coefficient (Wildman–Crippen LogP) is 5.66. The van der Waals surface area contributed by atoms with E-state index < -0.39 is 11.6 Å². The molecule has 0 aliphatic heterocycles. The third-order valence-electron chi connectivity index (χ3n) is 4.86. The predicted molar refractivity (Wildman–Crippen MR) is 104 cm³/mol. The van der Waals surface area contributed by atoms with Crippen molar-refractivity contribution in [3.05, 3.63) is 96.1 Å². The molecule has 5 rings (SSSR count). The zero-order chi connectivity index (χ0) is 18.4. The van der Waals surface area contributed by atoms with Gasteiger partial charge in [-0.15, -0.1) is 0 Å². The quantitative estimate of drug-likeness (QED) is 0.438. The minimum Gasteiger partial charge on any atom is -0.455 e. The van der Waals surface area contributed by atoms with Crippen LogP contribution < -0.4 is 0 Å². The smallest absolute Gasteiger partial charge is 0.238 e. The Bertz CT molecular complexity index is 1190. The van der Waals surface area contributed by atoms with Crippen molar-refractivity contribution in [2.45, 2.75) is 0 Å². The number of hydrogen-bond acceptors (Lipinski definition) is 3. The van der Waals surface area contributed by atoms with Crippen LogP contribution in [0.15, 0.2) is 89.3 Å². The third kappa shape index (κ3) is 2.29. The second-order valence-electron chi connectivity index (χ2n) is 6.45. The summed E-state index contributed by atoms with van der Waals surface area (Å²) in [5, 5.41) is 0. The van der Waals surface area contributed by atoms with Gasteiger partial charge in [0.05, 0.1) is 5.56 Å². The Hall–Kier alpha value is -3.72. The first-order chi connectivity index (χ1) is 13.3. The molecule has 0 amide bonds. The largest absolute Gasteiger partial charge is 0.455 e. The number of carbonyl (C=O) groups is 2. The maximum atomic E-state index is 13.0. The van der Waals surface area contributed by atoms with Gasteiger partial charge >= 0.3 is 0 Å². The summed E-state index contributed by atoms with van der Waals surface area (Å²) in [6.45, 7) is 0. The lowest BCUT2D eigenvalue weighted by molar-refractivity contribution is 0.0815. The molecule has 0 fully saturated rings. The zero-order valence-corrected chi connectivity index (χ0v) is 14.3. The number of carbonyl (C=O) groups excluding carboxylic acids is 2. The molecule has 0 saturated heterocycles. The average molecular weight is 350 g/mol. The van der Waals surface area contributed by atoms with Crippen molar-refractivity contribution in [1.82, 2.24) is 0 Å². The van der Waals surface area contributed by atoms with E-state index in [-0.39, 0.29) is 0 Å². The second-order valence-corrected chi connectivity index (χ2v) is 6.45. The summed E-state index contributed by atoms with van der Waals surface area (Å²) in [5.74, 6) is 0.0572. The summed E-state index contributed by atoms with van der Waals surface area (Å²) < 4.78 is 6.25. The highest BCUT2D eigenvalue weighted by Crippen LogP contribution is 2.46. The van der Waals surface area contributed by atoms with Crippen molar-refractivity contribution in [3.63, 3.8) is 0 Å². The van der Waals surface area contributed by atoms with Crippen molar-refractivity contribution in [2.75, 3.05) is 0 Å². The zero-order valence-electron chi connectivity index (χ0n) is 14.3. The molecule has 3 heteroatoms. The third-order valence-corrected chi connectivity index (χ3v) is 4.86. The van der Waals surface area contributed by atoms with E-state index in [9.17, 15) is 9.59 Å². The van der Waals surface area contributed by atoms with Gasteiger partial charge in [-0.2, -0.15) is 0 Å². The SMILES string of the molecule is O=C1C(=O)c2c(oc(-c3ccccc3)c2-c2ccccc2)-c2ccccc21. The van der Waals surface area contributed by atoms with E-state index in [1.54, 1.807) is 12.1 Å². The van der Waals surface area contributed by atoms with E-state index in [1.165, 1.54) is 0 Å². The number of furan rings is 1. The summed E-state index contributed by atoms with van der Waals surface area (Å²) in [7, 11) is 0. The molecular formula is C24H14O3. The van der Waals surface area contributed by atoms with Gasteiger partial charge in [0.1, 0.15) is 11.5 Å². The molecule has 27 heavy (non-hydrogen) atoms. The first-order valence-electron chi connectivity index (χ1n) is 8.72. The Morgan fingerprint density at radius 1 is 0.481 bits per heavy atom. The van der Waals surface area contributed by atoms with Crippen LogP contribution >= 0.6 is 0 Å². The van der Waals surface area contributed by atoms with Crippen LogP contribution in [0.3, 0.4) is 0 Å². The van der Waals surface area contributed by atoms with Gasteiger partial charge in [0.25, 0.3) is 0 Å². The fourth-order valence-electron chi connectivity index (χ4n) is 3.63. The molecule has 3 nitrogen and oxygen atoms in total. The molecule has 0 radical (unpaired) electrons. The van der Waals surface area contributed by atoms with Gasteiger partial charge in [-0.3, -0.25) is 9.59 Å². The fraction of sp³-hybridized carbons (Fsp3) is 0. The Balaban J connectivity index is 1.90. The van der Waals surface area contributed by atoms with Gasteiger partial charge in [0.15, 0.2) is 0 Å². The highest BCUT2D eigenvalue weighted by atomic mass is 16.3. The Kier molecular flexibility index (Phi) is 3.41. The van der Waals surface area contributed by atoms with Crippen molar-refractivity contribution >= 4 is 11.6 Å². The summed E-state index contributed by atoms with van der Waals surface area (Å²) in [6.07, 6.45) is 0. The number of rotatable bonds is 2. The molecule has 128 valence electrons. The van der Waals surface area contributed by atoms with E-state index >= 15 is 0 Å². The van der Waals surface area contributed by atoms with Crippen LogP contribution in [0.4, 0.5) is 0 Å². The van der Waals surface area contributed by atoms with Crippen LogP contribution in [0.1, 0.15) is 20.7 Å². The maximum Gasteiger partial charge on any atom is 0.238 e. The molecule has 0 saturated carbocycles. The lowest BCUT2D eigenvalue weighted by Gasteiger charge is -2.13. The van der Waals surface area contributed by atoms with E-state index in [0.29, 0.717) is 33.8 Å². The summed E-state index contributed by atoms with van der Waals surface area (Å²) in [4.78, 5) is 25.7. The number of hydrogen-bond donors (Lipinski definition) is 0. The van der Waals surface area contributed by atoms with Crippen LogP contribution in [0.25, 0.3) is 33.8 Å². The van der Waals surface area contributed by atoms with Gasteiger partial charge in [-0.1, -0.05) is 84.9 Å². The van der Waals surface area contributed by atoms with E-state index in [0.717, 1.165) is 11.1 Å². The van der Waals surface area contributed by atoms with Crippen LogP contribution in [0.5, 0.6) is 0 Å². The minimum atomic E-state index is -0.520. The molecule has 1 aromatic heterocycles. The summed E-state index contributed by atoms with van der Waals surface area (Å²) in [5.41, 5.74) is 3.79. The molecule has 0 N–H and O–H groups in total. The van der Waals surface area contributed by atoms with E-state index in [1.807, 2.05) is 72.8 Å². The molecule has 4 aromatic rings. The monoisotopic (exact) mass is 350 g/mol. The lowest BCUT2D eigenvalue weighted by atomic mass is 9.85. The minimum absolute atomic E-state index is 0.351. The van der Waals surface area contributed by atoms with Gasteiger partial charge in [0, 0.05) is 22.3 Å². The Morgan fingerprint density at radius 2 is 1.04 bits per heavy atom.